The number of nitrogens with two attached hydrogens (primary N) is 1. The minimum absolute atomic E-state index is 0.0701. The molecule has 1 aliphatic rings. The molecule has 1 aliphatic heterocycles. The zero-order valence-corrected chi connectivity index (χ0v) is 10.9. The third kappa shape index (κ3) is 3.47. The van der Waals surface area contributed by atoms with Crippen LogP contribution in [0.4, 0.5) is 5.69 Å². The van der Waals surface area contributed by atoms with Gasteiger partial charge in [-0.15, -0.1) is 0 Å². The van der Waals surface area contributed by atoms with Crippen LogP contribution in [0.25, 0.3) is 0 Å². The topological polar surface area (TPSA) is 58.4 Å². The van der Waals surface area contributed by atoms with Crippen LogP contribution in [0.2, 0.25) is 0 Å². The number of hydrogen-bond acceptors (Lipinski definition) is 3. The van der Waals surface area contributed by atoms with Gasteiger partial charge in [0.25, 0.3) is 0 Å². The molecule has 0 aliphatic carbocycles. The highest BCUT2D eigenvalue weighted by Gasteiger charge is 2.19. The van der Waals surface area contributed by atoms with Crippen molar-refractivity contribution in [2.45, 2.75) is 32.4 Å². The van der Waals surface area contributed by atoms with Gasteiger partial charge in [0.2, 0.25) is 5.91 Å². The molecule has 1 amide bonds. The lowest BCUT2D eigenvalue weighted by Gasteiger charge is -2.32. The van der Waals surface area contributed by atoms with Crippen molar-refractivity contribution in [1.82, 2.24) is 10.2 Å². The van der Waals surface area contributed by atoms with Crippen LogP contribution in [0, 0.1) is 0 Å². The number of benzene rings is 1. The molecule has 4 nitrogen and oxygen atoms in total. The van der Waals surface area contributed by atoms with Crippen molar-refractivity contribution >= 4 is 11.6 Å². The number of anilines is 1. The number of hydrogen-bond donors (Lipinski definition) is 2. The molecule has 1 heterocycles. The summed E-state index contributed by atoms with van der Waals surface area (Å²) in [5, 5.41) is 2.99. The van der Waals surface area contributed by atoms with E-state index in [4.69, 9.17) is 5.73 Å². The SMILES string of the molecule is CC(=O)NC1CCN(Cc2ccccc2N)CC1. The number of piperidine rings is 1. The normalized spacial score (nSPS) is 17.6. The summed E-state index contributed by atoms with van der Waals surface area (Å²) in [5.74, 6) is 0.0701. The lowest BCUT2D eigenvalue weighted by molar-refractivity contribution is -0.119. The molecule has 0 aromatic heterocycles. The molecule has 4 heteroatoms. The number of para-hydroxylation sites is 1. The average Bonchev–Trinajstić information content (AvgIpc) is 2.34. The molecule has 2 rings (SSSR count). The van der Waals surface area contributed by atoms with Crippen molar-refractivity contribution in [2.75, 3.05) is 18.8 Å². The monoisotopic (exact) mass is 247 g/mol. The molecule has 3 N–H and O–H groups in total. The Morgan fingerprint density at radius 1 is 1.39 bits per heavy atom. The van der Waals surface area contributed by atoms with Crippen LogP contribution in [0.5, 0.6) is 0 Å². The number of rotatable bonds is 3. The van der Waals surface area contributed by atoms with Crippen LogP contribution in [-0.2, 0) is 11.3 Å². The number of likely N-dealkylation sites (tertiary alicyclic amines) is 1. The Morgan fingerprint density at radius 3 is 2.67 bits per heavy atom. The number of carbonyl (C=O) groups is 1. The fraction of sp³-hybridized carbons (Fsp3) is 0.500. The van der Waals surface area contributed by atoms with E-state index in [2.05, 4.69) is 16.3 Å². The van der Waals surface area contributed by atoms with Gasteiger partial charge in [-0.25, -0.2) is 0 Å². The highest BCUT2D eigenvalue weighted by molar-refractivity contribution is 5.73. The van der Waals surface area contributed by atoms with Crippen LogP contribution < -0.4 is 11.1 Å². The van der Waals surface area contributed by atoms with Crippen molar-refractivity contribution < 1.29 is 4.79 Å². The highest BCUT2D eigenvalue weighted by Crippen LogP contribution is 2.17. The van der Waals surface area contributed by atoms with Gasteiger partial charge in [-0.05, 0) is 24.5 Å². The first-order valence-electron chi connectivity index (χ1n) is 6.48. The zero-order valence-electron chi connectivity index (χ0n) is 10.9. The summed E-state index contributed by atoms with van der Waals surface area (Å²) in [6.45, 7) is 4.51. The van der Waals surface area contributed by atoms with E-state index >= 15 is 0 Å². The van der Waals surface area contributed by atoms with E-state index in [1.807, 2.05) is 18.2 Å². The quantitative estimate of drug-likeness (QED) is 0.793. The number of carbonyl (C=O) groups excluding carboxylic acids is 1. The van der Waals surface area contributed by atoms with Crippen molar-refractivity contribution in [3.63, 3.8) is 0 Å². The maximum absolute atomic E-state index is 11.0. The van der Waals surface area contributed by atoms with Gasteiger partial charge in [0.1, 0.15) is 0 Å². The second kappa shape index (κ2) is 5.87. The first-order valence-corrected chi connectivity index (χ1v) is 6.48. The lowest BCUT2D eigenvalue weighted by Crippen LogP contribution is -2.43. The molecule has 0 radical (unpaired) electrons. The van der Waals surface area contributed by atoms with Gasteiger partial charge in [-0.2, -0.15) is 0 Å². The van der Waals surface area contributed by atoms with E-state index in [-0.39, 0.29) is 5.91 Å². The molecule has 18 heavy (non-hydrogen) atoms. The van der Waals surface area contributed by atoms with Crippen LogP contribution in [0.3, 0.4) is 0 Å². The van der Waals surface area contributed by atoms with Crippen molar-refractivity contribution in [1.29, 1.82) is 0 Å². The Balaban J connectivity index is 1.84. The third-order valence-electron chi connectivity index (χ3n) is 3.44. The van der Waals surface area contributed by atoms with E-state index in [0.29, 0.717) is 6.04 Å². The van der Waals surface area contributed by atoms with Crippen LogP contribution in [-0.4, -0.2) is 29.9 Å². The van der Waals surface area contributed by atoms with Gasteiger partial charge in [0.05, 0.1) is 0 Å². The Kier molecular flexibility index (Phi) is 4.20. The second-order valence-corrected chi connectivity index (χ2v) is 4.95. The van der Waals surface area contributed by atoms with Gasteiger partial charge in [0.15, 0.2) is 0 Å². The first kappa shape index (κ1) is 12.9. The van der Waals surface area contributed by atoms with Gasteiger partial charge >= 0.3 is 0 Å². The van der Waals surface area contributed by atoms with Crippen molar-refractivity contribution in [2.24, 2.45) is 0 Å². The predicted octanol–water partition coefficient (Wildman–Crippen LogP) is 1.37. The summed E-state index contributed by atoms with van der Waals surface area (Å²) < 4.78 is 0. The standard InChI is InChI=1S/C14H21N3O/c1-11(18)16-13-6-8-17(9-7-13)10-12-4-2-3-5-14(12)15/h2-5,13H,6-10,15H2,1H3,(H,16,18). The fourth-order valence-electron chi connectivity index (χ4n) is 2.44. The molecule has 1 aromatic rings. The molecule has 98 valence electrons. The van der Waals surface area contributed by atoms with E-state index in [1.54, 1.807) is 6.92 Å². The summed E-state index contributed by atoms with van der Waals surface area (Å²) in [5.41, 5.74) is 8.00. The highest BCUT2D eigenvalue weighted by atomic mass is 16.1. The minimum atomic E-state index is 0.0701. The minimum Gasteiger partial charge on any atom is -0.398 e. The summed E-state index contributed by atoms with van der Waals surface area (Å²) in [7, 11) is 0. The molecule has 0 unspecified atom stereocenters. The van der Waals surface area contributed by atoms with Gasteiger partial charge in [-0.1, -0.05) is 18.2 Å². The smallest absolute Gasteiger partial charge is 0.217 e. The molecule has 0 atom stereocenters. The second-order valence-electron chi connectivity index (χ2n) is 4.95. The molecule has 1 fully saturated rings. The largest absolute Gasteiger partial charge is 0.398 e. The summed E-state index contributed by atoms with van der Waals surface area (Å²) in [6.07, 6.45) is 2.04. The van der Waals surface area contributed by atoms with E-state index < -0.39 is 0 Å². The molecule has 1 saturated heterocycles. The molecule has 0 spiro atoms. The van der Waals surface area contributed by atoms with Gasteiger partial charge in [-0.3, -0.25) is 9.69 Å². The Morgan fingerprint density at radius 2 is 2.06 bits per heavy atom. The first-order chi connectivity index (χ1) is 8.65. The Hall–Kier alpha value is -1.55. The van der Waals surface area contributed by atoms with Crippen molar-refractivity contribution in [3.05, 3.63) is 29.8 Å². The van der Waals surface area contributed by atoms with Crippen LogP contribution in [0.1, 0.15) is 25.3 Å². The summed E-state index contributed by atoms with van der Waals surface area (Å²) in [6, 6.07) is 8.35. The molecular weight excluding hydrogens is 226 g/mol. The summed E-state index contributed by atoms with van der Waals surface area (Å²) >= 11 is 0. The number of amides is 1. The number of nitrogen functional groups attached to an aromatic ring is 1. The van der Waals surface area contributed by atoms with E-state index in [0.717, 1.165) is 38.2 Å². The molecule has 0 bridgehead atoms. The summed E-state index contributed by atoms with van der Waals surface area (Å²) in [4.78, 5) is 13.4. The zero-order chi connectivity index (χ0) is 13.0. The molecule has 1 aromatic carbocycles. The maximum Gasteiger partial charge on any atom is 0.217 e. The number of nitrogens with one attached hydrogen (secondary N) is 1. The van der Waals surface area contributed by atoms with Crippen LogP contribution in [0.15, 0.2) is 24.3 Å². The van der Waals surface area contributed by atoms with Crippen LogP contribution >= 0.6 is 0 Å². The number of nitrogens with zero attached hydrogens (tertiary/aromatic N) is 1. The third-order valence-corrected chi connectivity index (χ3v) is 3.44. The molecule has 0 saturated carbocycles. The Labute approximate surface area is 108 Å². The maximum atomic E-state index is 11.0. The lowest BCUT2D eigenvalue weighted by atomic mass is 10.0. The van der Waals surface area contributed by atoms with Gasteiger partial charge in [0, 0.05) is 38.3 Å². The van der Waals surface area contributed by atoms with Crippen molar-refractivity contribution in [3.8, 4) is 0 Å². The average molecular weight is 247 g/mol. The Bertz CT molecular complexity index is 411. The van der Waals surface area contributed by atoms with Gasteiger partial charge < -0.3 is 11.1 Å². The molecular formula is C14H21N3O. The fourth-order valence-corrected chi connectivity index (χ4v) is 2.44. The van der Waals surface area contributed by atoms with E-state index in [9.17, 15) is 4.79 Å². The predicted molar refractivity (Wildman–Crippen MR) is 73.0 cm³/mol. The van der Waals surface area contributed by atoms with E-state index in [1.165, 1.54) is 5.56 Å².